The van der Waals surface area contributed by atoms with E-state index in [2.05, 4.69) is 27.2 Å². The fourth-order valence-electron chi connectivity index (χ4n) is 4.08. The molecule has 4 N–H and O–H groups in total. The highest BCUT2D eigenvalue weighted by molar-refractivity contribution is 5.96. The second-order valence-corrected chi connectivity index (χ2v) is 8.19. The number of amides is 1. The molecule has 1 saturated carbocycles. The smallest absolute Gasteiger partial charge is 0.261 e. The third kappa shape index (κ3) is 5.51. The maximum atomic E-state index is 12.0. The van der Waals surface area contributed by atoms with Gasteiger partial charge in [-0.1, -0.05) is 36.9 Å². The molecule has 8 nitrogen and oxygen atoms in total. The van der Waals surface area contributed by atoms with Crippen LogP contribution in [-0.2, 0) is 4.79 Å². The van der Waals surface area contributed by atoms with Crippen LogP contribution in [0.2, 0.25) is 0 Å². The molecule has 4 rings (SSSR count). The van der Waals surface area contributed by atoms with Crippen LogP contribution < -0.4 is 21.1 Å². The first-order valence-electron chi connectivity index (χ1n) is 11.1. The monoisotopic (exact) mass is 454 g/mol. The first-order chi connectivity index (χ1) is 16.5. The van der Waals surface area contributed by atoms with Crippen molar-refractivity contribution in [2.45, 2.75) is 37.8 Å². The van der Waals surface area contributed by atoms with E-state index in [1.54, 1.807) is 6.07 Å². The van der Waals surface area contributed by atoms with Gasteiger partial charge in [-0.05, 0) is 55.5 Å². The van der Waals surface area contributed by atoms with Crippen molar-refractivity contribution in [1.29, 1.82) is 5.26 Å². The number of ether oxygens (including phenoxy) is 1. The predicted molar refractivity (Wildman–Crippen MR) is 131 cm³/mol. The Hall–Kier alpha value is -4.38. The molecule has 0 saturated heterocycles. The summed E-state index contributed by atoms with van der Waals surface area (Å²) in [6.45, 7) is 3.48. The number of nitrogens with one attached hydrogen (secondary N) is 2. The number of carbonyl (C=O) groups excluding carboxylic acids is 1. The van der Waals surface area contributed by atoms with E-state index in [-0.39, 0.29) is 17.7 Å². The Kier molecular flexibility index (Phi) is 7.04. The first kappa shape index (κ1) is 22.8. The molecule has 8 heteroatoms. The molecule has 2 atom stereocenters. The molecule has 1 aliphatic carbocycles. The van der Waals surface area contributed by atoms with E-state index in [9.17, 15) is 4.79 Å². The third-order valence-corrected chi connectivity index (χ3v) is 5.76. The molecular formula is C26H26N6O2. The van der Waals surface area contributed by atoms with Crippen molar-refractivity contribution in [3.63, 3.8) is 0 Å². The quantitative estimate of drug-likeness (QED) is 0.356. The van der Waals surface area contributed by atoms with Crippen LogP contribution in [0.4, 0.5) is 11.6 Å². The number of carbonyl (C=O) groups is 1. The minimum absolute atomic E-state index is 0.0408. The van der Waals surface area contributed by atoms with Gasteiger partial charge in [0, 0.05) is 12.1 Å². The average molecular weight is 455 g/mol. The van der Waals surface area contributed by atoms with Gasteiger partial charge in [0.1, 0.15) is 41.1 Å². The minimum Gasteiger partial charge on any atom is -0.457 e. The van der Waals surface area contributed by atoms with Crippen molar-refractivity contribution >= 4 is 17.5 Å². The number of hydrogen-bond acceptors (Lipinski definition) is 7. The maximum absolute atomic E-state index is 12.0. The van der Waals surface area contributed by atoms with Gasteiger partial charge in [0.15, 0.2) is 0 Å². The number of benzene rings is 2. The zero-order chi connectivity index (χ0) is 23.9. The highest BCUT2D eigenvalue weighted by atomic mass is 16.5. The summed E-state index contributed by atoms with van der Waals surface area (Å²) >= 11 is 0. The van der Waals surface area contributed by atoms with Crippen LogP contribution in [0.1, 0.15) is 25.7 Å². The summed E-state index contributed by atoms with van der Waals surface area (Å²) in [5, 5.41) is 15.3. The fraction of sp³-hybridized carbons (Fsp3) is 0.231. The van der Waals surface area contributed by atoms with Crippen molar-refractivity contribution in [1.82, 2.24) is 15.3 Å². The lowest BCUT2D eigenvalue weighted by molar-refractivity contribution is -0.118. The summed E-state index contributed by atoms with van der Waals surface area (Å²) in [5.41, 5.74) is 7.75. The van der Waals surface area contributed by atoms with E-state index >= 15 is 0 Å². The second-order valence-electron chi connectivity index (χ2n) is 8.19. The van der Waals surface area contributed by atoms with Gasteiger partial charge in [-0.2, -0.15) is 5.26 Å². The van der Waals surface area contributed by atoms with Crippen LogP contribution in [0.5, 0.6) is 11.5 Å². The zero-order valence-corrected chi connectivity index (χ0v) is 18.7. The molecule has 1 heterocycles. The summed E-state index contributed by atoms with van der Waals surface area (Å²) in [6.07, 6.45) is 4.86. The van der Waals surface area contributed by atoms with Crippen molar-refractivity contribution in [3.05, 3.63) is 73.1 Å². The molecular weight excluding hydrogens is 428 g/mol. The largest absolute Gasteiger partial charge is 0.457 e. The molecule has 1 amide bonds. The molecule has 1 aliphatic rings. The van der Waals surface area contributed by atoms with Crippen LogP contribution in [0, 0.1) is 11.3 Å². The van der Waals surface area contributed by atoms with Gasteiger partial charge in [-0.15, -0.1) is 0 Å². The SMILES string of the molecule is C=C(C#N)C(=O)N[C@H]1CCC[C@@H](Nc2ncnc(N)c2-c2ccc(Oc3ccccc3)cc2)C1. The third-order valence-electron chi connectivity index (χ3n) is 5.76. The summed E-state index contributed by atoms with van der Waals surface area (Å²) in [7, 11) is 0. The molecule has 3 aromatic rings. The normalized spacial score (nSPS) is 17.3. The lowest BCUT2D eigenvalue weighted by Crippen LogP contribution is -2.42. The number of para-hydroxylation sites is 1. The minimum atomic E-state index is -0.419. The van der Waals surface area contributed by atoms with E-state index < -0.39 is 5.91 Å². The summed E-state index contributed by atoms with van der Waals surface area (Å²) in [5.74, 6) is 2.07. The lowest BCUT2D eigenvalue weighted by Gasteiger charge is -2.31. The summed E-state index contributed by atoms with van der Waals surface area (Å²) in [4.78, 5) is 20.7. The van der Waals surface area contributed by atoms with Crippen LogP contribution in [-0.4, -0.2) is 28.0 Å². The van der Waals surface area contributed by atoms with E-state index in [1.807, 2.05) is 54.6 Å². The van der Waals surface area contributed by atoms with Crippen LogP contribution in [0.3, 0.4) is 0 Å². The number of nitrogens with zero attached hydrogens (tertiary/aromatic N) is 3. The fourth-order valence-corrected chi connectivity index (χ4v) is 4.08. The number of hydrogen-bond donors (Lipinski definition) is 3. The van der Waals surface area contributed by atoms with Crippen molar-refractivity contribution < 1.29 is 9.53 Å². The van der Waals surface area contributed by atoms with E-state index in [0.717, 1.165) is 36.1 Å². The van der Waals surface area contributed by atoms with Crippen molar-refractivity contribution in [2.24, 2.45) is 0 Å². The Morgan fingerprint density at radius 3 is 2.50 bits per heavy atom. The molecule has 172 valence electrons. The number of rotatable bonds is 7. The molecule has 0 unspecified atom stereocenters. The predicted octanol–water partition coefficient (Wildman–Crippen LogP) is 4.44. The molecule has 1 fully saturated rings. The Labute approximate surface area is 198 Å². The summed E-state index contributed by atoms with van der Waals surface area (Å²) in [6, 6.07) is 19.0. The maximum Gasteiger partial charge on any atom is 0.261 e. The molecule has 0 spiro atoms. The van der Waals surface area contributed by atoms with Gasteiger partial charge in [0.05, 0.1) is 5.56 Å². The van der Waals surface area contributed by atoms with Crippen LogP contribution >= 0.6 is 0 Å². The topological polar surface area (TPSA) is 126 Å². The zero-order valence-electron chi connectivity index (χ0n) is 18.7. The molecule has 1 aromatic heterocycles. The summed E-state index contributed by atoms with van der Waals surface area (Å²) < 4.78 is 5.88. The molecule has 2 aromatic carbocycles. The first-order valence-corrected chi connectivity index (χ1v) is 11.1. The lowest BCUT2D eigenvalue weighted by atomic mass is 9.90. The van der Waals surface area contributed by atoms with Gasteiger partial charge >= 0.3 is 0 Å². The van der Waals surface area contributed by atoms with Crippen LogP contribution in [0.25, 0.3) is 11.1 Å². The highest BCUT2D eigenvalue weighted by Crippen LogP contribution is 2.34. The van der Waals surface area contributed by atoms with Gasteiger partial charge in [0.25, 0.3) is 5.91 Å². The highest BCUT2D eigenvalue weighted by Gasteiger charge is 2.25. The van der Waals surface area contributed by atoms with Crippen molar-refractivity contribution in [2.75, 3.05) is 11.1 Å². The average Bonchev–Trinajstić information content (AvgIpc) is 2.85. The number of anilines is 2. The number of nitrogen functional groups attached to an aromatic ring is 1. The number of aromatic nitrogens is 2. The van der Waals surface area contributed by atoms with Gasteiger partial charge in [0.2, 0.25) is 0 Å². The van der Waals surface area contributed by atoms with Gasteiger partial charge in [-0.3, -0.25) is 4.79 Å². The number of nitrogens with two attached hydrogens (primary N) is 1. The van der Waals surface area contributed by atoms with E-state index in [0.29, 0.717) is 23.8 Å². The standard InChI is InChI=1S/C26H26N6O2/c1-17(15-27)26(33)32-20-7-5-6-19(14-20)31-25-23(24(28)29-16-30-25)18-10-12-22(13-11-18)34-21-8-3-2-4-9-21/h2-4,8-13,16,19-20H,1,5-7,14H2,(H,32,33)(H3,28,29,30,31)/t19-,20+/m1/s1. The Morgan fingerprint density at radius 2 is 1.76 bits per heavy atom. The Bertz CT molecular complexity index is 1200. The second kappa shape index (κ2) is 10.5. The van der Waals surface area contributed by atoms with Crippen molar-refractivity contribution in [3.8, 4) is 28.7 Å². The molecule has 0 radical (unpaired) electrons. The van der Waals surface area contributed by atoms with Gasteiger partial charge in [-0.25, -0.2) is 9.97 Å². The number of nitriles is 1. The van der Waals surface area contributed by atoms with E-state index in [1.165, 1.54) is 6.33 Å². The molecule has 0 aliphatic heterocycles. The van der Waals surface area contributed by atoms with Crippen LogP contribution in [0.15, 0.2) is 73.1 Å². The van der Waals surface area contributed by atoms with E-state index in [4.69, 9.17) is 15.7 Å². The van der Waals surface area contributed by atoms with Gasteiger partial charge < -0.3 is 21.1 Å². The Balaban J connectivity index is 1.48. The Morgan fingerprint density at radius 1 is 1.06 bits per heavy atom. The molecule has 34 heavy (non-hydrogen) atoms. The molecule has 0 bridgehead atoms.